The zero-order chi connectivity index (χ0) is 12.4. The minimum Gasteiger partial charge on any atom is -0.314 e. The lowest BCUT2D eigenvalue weighted by Gasteiger charge is -2.43. The van der Waals surface area contributed by atoms with Gasteiger partial charge in [-0.25, -0.2) is 4.98 Å². The molecule has 4 heteroatoms. The molecule has 1 aliphatic carbocycles. The molecule has 1 saturated carbocycles. The van der Waals surface area contributed by atoms with Gasteiger partial charge in [0.2, 0.25) is 0 Å². The fourth-order valence-electron chi connectivity index (χ4n) is 3.08. The lowest BCUT2D eigenvalue weighted by Crippen LogP contribution is -2.48. The minimum absolute atomic E-state index is 0.559. The van der Waals surface area contributed by atoms with Gasteiger partial charge in [-0.2, -0.15) is 0 Å². The first-order valence-corrected chi connectivity index (χ1v) is 7.71. The predicted octanol–water partition coefficient (Wildman–Crippen LogP) is 2.59. The Balaban J connectivity index is 1.87. The normalized spacial score (nSPS) is 23.6. The van der Waals surface area contributed by atoms with Gasteiger partial charge in [0.15, 0.2) is 0 Å². The fraction of sp³-hybridized carbons (Fsp3) is 0.643. The Hall–Kier alpha value is -0.450. The third-order valence-corrected chi connectivity index (χ3v) is 4.91. The number of rotatable bonds is 3. The first kappa shape index (κ1) is 12.6. The molecule has 98 valence electrons. The quantitative estimate of drug-likeness (QED) is 0.870. The Kier molecular flexibility index (Phi) is 3.97. The van der Waals surface area contributed by atoms with Crippen molar-refractivity contribution in [3.8, 4) is 0 Å². The highest BCUT2D eigenvalue weighted by Crippen LogP contribution is 2.42. The van der Waals surface area contributed by atoms with E-state index < -0.39 is 0 Å². The summed E-state index contributed by atoms with van der Waals surface area (Å²) in [5, 5.41) is 3.44. The van der Waals surface area contributed by atoms with Gasteiger partial charge in [-0.3, -0.25) is 4.90 Å². The zero-order valence-electron chi connectivity index (χ0n) is 10.6. The first-order valence-electron chi connectivity index (χ1n) is 6.91. The van der Waals surface area contributed by atoms with Gasteiger partial charge in [0.25, 0.3) is 0 Å². The van der Waals surface area contributed by atoms with E-state index in [4.69, 9.17) is 0 Å². The second kappa shape index (κ2) is 5.68. The molecule has 18 heavy (non-hydrogen) atoms. The van der Waals surface area contributed by atoms with Crippen LogP contribution in [-0.2, 0) is 0 Å². The summed E-state index contributed by atoms with van der Waals surface area (Å²) < 4.78 is 1.03. The van der Waals surface area contributed by atoms with Crippen molar-refractivity contribution in [1.82, 2.24) is 15.2 Å². The van der Waals surface area contributed by atoms with Crippen LogP contribution in [0.2, 0.25) is 0 Å². The van der Waals surface area contributed by atoms with Crippen molar-refractivity contribution in [3.05, 3.63) is 28.5 Å². The standard InChI is InChI=1S/C14H20BrN3/c15-14-12(5-2-6-17-14)13(11-3-1-4-11)18-9-7-16-8-10-18/h2,5-6,11,13,16H,1,3-4,7-10H2/t13-/m1/s1. The van der Waals surface area contributed by atoms with Crippen molar-refractivity contribution in [2.24, 2.45) is 5.92 Å². The predicted molar refractivity (Wildman–Crippen MR) is 76.5 cm³/mol. The molecule has 2 heterocycles. The largest absolute Gasteiger partial charge is 0.314 e. The molecule has 0 bridgehead atoms. The Morgan fingerprint density at radius 3 is 2.72 bits per heavy atom. The molecule has 1 atom stereocenters. The maximum atomic E-state index is 4.41. The van der Waals surface area contributed by atoms with Crippen LogP contribution in [-0.4, -0.2) is 36.1 Å². The average Bonchev–Trinajstić information content (AvgIpc) is 2.36. The molecule has 1 aromatic rings. The molecule has 3 rings (SSSR count). The molecule has 1 aromatic heterocycles. The molecule has 0 amide bonds. The van der Waals surface area contributed by atoms with Crippen LogP contribution in [0, 0.1) is 5.92 Å². The molecular formula is C14H20BrN3. The van der Waals surface area contributed by atoms with Crippen molar-refractivity contribution in [2.45, 2.75) is 25.3 Å². The van der Waals surface area contributed by atoms with Crippen molar-refractivity contribution < 1.29 is 0 Å². The van der Waals surface area contributed by atoms with Crippen LogP contribution in [0.5, 0.6) is 0 Å². The topological polar surface area (TPSA) is 28.2 Å². The molecule has 1 aliphatic heterocycles. The molecule has 0 unspecified atom stereocenters. The molecule has 2 aliphatic rings. The number of hydrogen-bond acceptors (Lipinski definition) is 3. The van der Waals surface area contributed by atoms with Crippen molar-refractivity contribution in [2.75, 3.05) is 26.2 Å². The van der Waals surface area contributed by atoms with Gasteiger partial charge in [0.05, 0.1) is 0 Å². The van der Waals surface area contributed by atoms with E-state index in [0.717, 1.165) is 36.7 Å². The summed E-state index contributed by atoms with van der Waals surface area (Å²) >= 11 is 3.63. The van der Waals surface area contributed by atoms with Crippen LogP contribution in [0.3, 0.4) is 0 Å². The molecule has 2 fully saturated rings. The lowest BCUT2D eigenvalue weighted by atomic mass is 9.76. The molecule has 0 spiro atoms. The summed E-state index contributed by atoms with van der Waals surface area (Å²) in [6.45, 7) is 4.53. The highest BCUT2D eigenvalue weighted by molar-refractivity contribution is 9.10. The monoisotopic (exact) mass is 309 g/mol. The summed E-state index contributed by atoms with van der Waals surface area (Å²) in [6, 6.07) is 4.86. The van der Waals surface area contributed by atoms with Crippen LogP contribution in [0.4, 0.5) is 0 Å². The van der Waals surface area contributed by atoms with Crippen LogP contribution in [0.1, 0.15) is 30.9 Å². The molecule has 1 saturated heterocycles. The van der Waals surface area contributed by atoms with E-state index in [1.807, 2.05) is 6.20 Å². The zero-order valence-corrected chi connectivity index (χ0v) is 12.2. The first-order chi connectivity index (χ1) is 8.86. The summed E-state index contributed by atoms with van der Waals surface area (Å²) in [7, 11) is 0. The Morgan fingerprint density at radius 1 is 1.33 bits per heavy atom. The van der Waals surface area contributed by atoms with E-state index in [9.17, 15) is 0 Å². The number of pyridine rings is 1. The van der Waals surface area contributed by atoms with E-state index in [0.29, 0.717) is 6.04 Å². The van der Waals surface area contributed by atoms with Crippen LogP contribution in [0.15, 0.2) is 22.9 Å². The van der Waals surface area contributed by atoms with Crippen LogP contribution < -0.4 is 5.32 Å². The molecular weight excluding hydrogens is 290 g/mol. The average molecular weight is 310 g/mol. The summed E-state index contributed by atoms with van der Waals surface area (Å²) in [4.78, 5) is 7.05. The number of hydrogen-bond donors (Lipinski definition) is 1. The van der Waals surface area contributed by atoms with Crippen molar-refractivity contribution in [1.29, 1.82) is 0 Å². The smallest absolute Gasteiger partial charge is 0.110 e. The summed E-state index contributed by atoms with van der Waals surface area (Å²) in [5.74, 6) is 0.823. The Bertz CT molecular complexity index is 400. The Morgan fingerprint density at radius 2 is 2.11 bits per heavy atom. The Labute approximate surface area is 117 Å². The summed E-state index contributed by atoms with van der Waals surface area (Å²) in [6.07, 6.45) is 6.00. The van der Waals surface area contributed by atoms with Crippen molar-refractivity contribution in [3.63, 3.8) is 0 Å². The van der Waals surface area contributed by atoms with Gasteiger partial charge >= 0.3 is 0 Å². The highest BCUT2D eigenvalue weighted by atomic mass is 79.9. The third-order valence-electron chi connectivity index (χ3n) is 4.25. The number of aromatic nitrogens is 1. The number of halogens is 1. The molecule has 3 nitrogen and oxygen atoms in total. The second-order valence-electron chi connectivity index (χ2n) is 5.31. The number of nitrogens with zero attached hydrogens (tertiary/aromatic N) is 2. The van der Waals surface area contributed by atoms with Crippen LogP contribution >= 0.6 is 15.9 Å². The van der Waals surface area contributed by atoms with E-state index in [1.165, 1.54) is 24.8 Å². The van der Waals surface area contributed by atoms with Gasteiger partial charge in [0, 0.05) is 44.0 Å². The summed E-state index contributed by atoms with van der Waals surface area (Å²) in [5.41, 5.74) is 1.38. The van der Waals surface area contributed by atoms with E-state index in [2.05, 4.69) is 43.3 Å². The number of nitrogens with one attached hydrogen (secondary N) is 1. The molecule has 1 N–H and O–H groups in total. The van der Waals surface area contributed by atoms with E-state index in [-0.39, 0.29) is 0 Å². The fourth-order valence-corrected chi connectivity index (χ4v) is 3.57. The molecule has 0 aromatic carbocycles. The van der Waals surface area contributed by atoms with Gasteiger partial charge in [-0.1, -0.05) is 12.5 Å². The van der Waals surface area contributed by atoms with Gasteiger partial charge < -0.3 is 5.32 Å². The highest BCUT2D eigenvalue weighted by Gasteiger charge is 2.34. The lowest BCUT2D eigenvalue weighted by molar-refractivity contribution is 0.0830. The third kappa shape index (κ3) is 2.46. The SMILES string of the molecule is Brc1ncccc1[C@@H](C1CCC1)N1CCNCC1. The van der Waals surface area contributed by atoms with E-state index >= 15 is 0 Å². The minimum atomic E-state index is 0.559. The maximum Gasteiger partial charge on any atom is 0.110 e. The van der Waals surface area contributed by atoms with Crippen LogP contribution in [0.25, 0.3) is 0 Å². The molecule has 0 radical (unpaired) electrons. The van der Waals surface area contributed by atoms with Gasteiger partial charge in [-0.05, 0) is 40.8 Å². The second-order valence-corrected chi connectivity index (χ2v) is 6.06. The maximum absolute atomic E-state index is 4.41. The number of piperazine rings is 1. The van der Waals surface area contributed by atoms with E-state index in [1.54, 1.807) is 0 Å². The van der Waals surface area contributed by atoms with Gasteiger partial charge in [-0.15, -0.1) is 0 Å². The van der Waals surface area contributed by atoms with Gasteiger partial charge in [0.1, 0.15) is 4.60 Å². The van der Waals surface area contributed by atoms with Crippen molar-refractivity contribution >= 4 is 15.9 Å².